The van der Waals surface area contributed by atoms with Crippen LogP contribution in [0.3, 0.4) is 0 Å². The molecule has 0 aromatic carbocycles. The van der Waals surface area contributed by atoms with Gasteiger partial charge in [-0.25, -0.2) is 0 Å². The molecule has 0 radical (unpaired) electrons. The summed E-state index contributed by atoms with van der Waals surface area (Å²) in [7, 11) is 0. The van der Waals surface area contributed by atoms with Crippen molar-refractivity contribution in [2.45, 2.75) is 74.8 Å². The third-order valence-electron chi connectivity index (χ3n) is 7.01. The van der Waals surface area contributed by atoms with E-state index in [9.17, 15) is 20.4 Å². The minimum atomic E-state index is -1.29. The Morgan fingerprint density at radius 3 is 2.37 bits per heavy atom. The van der Waals surface area contributed by atoms with Gasteiger partial charge in [-0.1, -0.05) is 12.8 Å². The summed E-state index contributed by atoms with van der Waals surface area (Å²) in [4.78, 5) is 0. The van der Waals surface area contributed by atoms with Crippen LogP contribution in [0.4, 0.5) is 0 Å². The summed E-state index contributed by atoms with van der Waals surface area (Å²) in [6.45, 7) is 0. The first kappa shape index (κ1) is 12.6. The Hall–Kier alpha value is -0.160. The molecule has 19 heavy (non-hydrogen) atoms. The Morgan fingerprint density at radius 1 is 0.842 bits per heavy atom. The van der Waals surface area contributed by atoms with Crippen LogP contribution in [0.15, 0.2) is 0 Å². The van der Waals surface area contributed by atoms with Gasteiger partial charge in [-0.2, -0.15) is 0 Å². The van der Waals surface area contributed by atoms with Gasteiger partial charge in [-0.3, -0.25) is 0 Å². The van der Waals surface area contributed by atoms with Crippen LogP contribution in [0.1, 0.15) is 51.4 Å². The molecule has 0 heterocycles. The monoisotopic (exact) mass is 268 g/mol. The second-order valence-electron chi connectivity index (χ2n) is 7.51. The fourth-order valence-corrected chi connectivity index (χ4v) is 6.49. The number of hydrogen-bond donors (Lipinski definition) is 4. The number of aliphatic hydroxyl groups is 4. The van der Waals surface area contributed by atoms with Gasteiger partial charge in [0.05, 0.1) is 17.8 Å². The molecule has 4 nitrogen and oxygen atoms in total. The van der Waals surface area contributed by atoms with E-state index in [2.05, 4.69) is 0 Å². The van der Waals surface area contributed by atoms with Crippen molar-refractivity contribution in [1.82, 2.24) is 0 Å². The summed E-state index contributed by atoms with van der Waals surface area (Å²) in [6, 6.07) is 0. The zero-order valence-corrected chi connectivity index (χ0v) is 11.3. The van der Waals surface area contributed by atoms with Crippen LogP contribution >= 0.6 is 0 Å². The molecule has 0 amide bonds. The van der Waals surface area contributed by atoms with Crippen molar-refractivity contribution in [2.75, 3.05) is 0 Å². The van der Waals surface area contributed by atoms with Crippen LogP contribution in [-0.2, 0) is 0 Å². The van der Waals surface area contributed by atoms with Gasteiger partial charge in [0.25, 0.3) is 0 Å². The van der Waals surface area contributed by atoms with Crippen LogP contribution < -0.4 is 0 Å². The summed E-state index contributed by atoms with van der Waals surface area (Å²) in [5, 5.41) is 43.1. The fraction of sp³-hybridized carbons (Fsp3) is 1.00. The average molecular weight is 268 g/mol. The lowest BCUT2D eigenvalue weighted by Gasteiger charge is -2.66. The van der Waals surface area contributed by atoms with Crippen molar-refractivity contribution < 1.29 is 20.4 Å². The predicted molar refractivity (Wildman–Crippen MR) is 68.3 cm³/mol. The first-order valence-corrected chi connectivity index (χ1v) is 7.75. The Labute approximate surface area is 113 Å². The van der Waals surface area contributed by atoms with Crippen LogP contribution in [0.2, 0.25) is 0 Å². The molecule has 4 aliphatic carbocycles. The summed E-state index contributed by atoms with van der Waals surface area (Å²) in [5.74, 6) is 0.353. The summed E-state index contributed by atoms with van der Waals surface area (Å²) >= 11 is 0. The van der Waals surface area contributed by atoms with Crippen LogP contribution in [-0.4, -0.2) is 43.8 Å². The normalized spacial score (nSPS) is 63.8. The molecule has 4 rings (SSSR count). The first-order chi connectivity index (χ1) is 8.94. The van der Waals surface area contributed by atoms with E-state index in [1.54, 1.807) is 0 Å². The van der Waals surface area contributed by atoms with Crippen LogP contribution in [0.25, 0.3) is 0 Å². The molecule has 7 atom stereocenters. The molecule has 4 saturated carbocycles. The third-order valence-corrected chi connectivity index (χ3v) is 7.01. The van der Waals surface area contributed by atoms with Gasteiger partial charge in [0.2, 0.25) is 0 Å². The smallest absolute Gasteiger partial charge is 0.102 e. The highest BCUT2D eigenvalue weighted by molar-refractivity contribution is 5.28. The lowest BCUT2D eigenvalue weighted by atomic mass is 9.44. The maximum absolute atomic E-state index is 11.3. The van der Waals surface area contributed by atoms with E-state index >= 15 is 0 Å². The van der Waals surface area contributed by atoms with Crippen LogP contribution in [0, 0.1) is 17.3 Å². The second-order valence-corrected chi connectivity index (χ2v) is 7.51. The van der Waals surface area contributed by atoms with Gasteiger partial charge in [0.15, 0.2) is 0 Å². The molecule has 0 aliphatic heterocycles. The zero-order chi connectivity index (χ0) is 13.5. The van der Waals surface area contributed by atoms with E-state index in [1.165, 1.54) is 0 Å². The minimum absolute atomic E-state index is 0.0424. The van der Waals surface area contributed by atoms with Gasteiger partial charge in [0, 0.05) is 18.3 Å². The Kier molecular flexibility index (Phi) is 2.34. The number of hydrogen-bond acceptors (Lipinski definition) is 4. The topological polar surface area (TPSA) is 80.9 Å². The van der Waals surface area contributed by atoms with Crippen LogP contribution in [0.5, 0.6) is 0 Å². The SMILES string of the molecule is O[C@H]1C[C@@]2(O)C3C[C@@H]4CCCCC42[C@](O)(C1)[C@H](O)C3. The van der Waals surface area contributed by atoms with Gasteiger partial charge in [0.1, 0.15) is 5.60 Å². The molecule has 0 aromatic rings. The maximum atomic E-state index is 11.3. The summed E-state index contributed by atoms with van der Waals surface area (Å²) in [5.41, 5.74) is -2.83. The number of rotatable bonds is 0. The minimum Gasteiger partial charge on any atom is -0.393 e. The van der Waals surface area contributed by atoms with E-state index in [-0.39, 0.29) is 12.3 Å². The largest absolute Gasteiger partial charge is 0.393 e. The zero-order valence-electron chi connectivity index (χ0n) is 11.3. The lowest BCUT2D eigenvalue weighted by molar-refractivity contribution is -0.316. The Balaban J connectivity index is 1.92. The van der Waals surface area contributed by atoms with Crippen molar-refractivity contribution in [3.8, 4) is 0 Å². The maximum Gasteiger partial charge on any atom is 0.102 e. The molecule has 4 heteroatoms. The highest BCUT2D eigenvalue weighted by Crippen LogP contribution is 2.73. The van der Waals surface area contributed by atoms with Gasteiger partial charge in [-0.05, 0) is 37.5 Å². The molecule has 0 saturated heterocycles. The fourth-order valence-electron chi connectivity index (χ4n) is 6.49. The molecule has 4 fully saturated rings. The van der Waals surface area contributed by atoms with Crippen molar-refractivity contribution in [2.24, 2.45) is 17.3 Å². The molecule has 0 aromatic heterocycles. The summed E-state index contributed by atoms with van der Waals surface area (Å²) in [6.07, 6.45) is 4.51. The lowest BCUT2D eigenvalue weighted by Crippen LogP contribution is -2.75. The Morgan fingerprint density at radius 2 is 1.58 bits per heavy atom. The van der Waals surface area contributed by atoms with Crippen molar-refractivity contribution in [3.05, 3.63) is 0 Å². The molecule has 1 spiro atoms. The van der Waals surface area contributed by atoms with Crippen molar-refractivity contribution in [3.63, 3.8) is 0 Å². The van der Waals surface area contributed by atoms with E-state index in [1.807, 2.05) is 0 Å². The molecule has 2 unspecified atom stereocenters. The van der Waals surface area contributed by atoms with Gasteiger partial charge in [-0.15, -0.1) is 0 Å². The molecule has 4 bridgehead atoms. The Bertz CT molecular complexity index is 413. The first-order valence-electron chi connectivity index (χ1n) is 7.75. The molecule has 4 N–H and O–H groups in total. The molecule has 4 aliphatic rings. The molecular formula is C15H24O4. The quantitative estimate of drug-likeness (QED) is 0.517. The van der Waals surface area contributed by atoms with Gasteiger partial charge >= 0.3 is 0 Å². The van der Waals surface area contributed by atoms with E-state index in [0.29, 0.717) is 18.8 Å². The van der Waals surface area contributed by atoms with E-state index in [0.717, 1.165) is 32.1 Å². The highest BCUT2D eigenvalue weighted by Gasteiger charge is 2.78. The second kappa shape index (κ2) is 3.53. The van der Waals surface area contributed by atoms with Crippen molar-refractivity contribution in [1.29, 1.82) is 0 Å². The van der Waals surface area contributed by atoms with E-state index in [4.69, 9.17) is 0 Å². The third kappa shape index (κ3) is 1.17. The van der Waals surface area contributed by atoms with Crippen molar-refractivity contribution >= 4 is 0 Å². The molecular weight excluding hydrogens is 244 g/mol. The highest BCUT2D eigenvalue weighted by atomic mass is 16.4. The molecule has 108 valence electrons. The van der Waals surface area contributed by atoms with Gasteiger partial charge < -0.3 is 20.4 Å². The number of aliphatic hydroxyl groups excluding tert-OH is 2. The summed E-state index contributed by atoms with van der Waals surface area (Å²) < 4.78 is 0. The standard InChI is InChI=1S/C15H24O4/c16-11-7-14(18)10-5-9-3-1-2-4-13(9,14)15(19,8-11)12(17)6-10/h9-12,16-19H,1-8H2/t9-,10?,11-,12+,13?,14+,15-/m0/s1. The predicted octanol–water partition coefficient (Wildman–Crippen LogP) is 0.564. The average Bonchev–Trinajstić information content (AvgIpc) is 2.53. The van der Waals surface area contributed by atoms with E-state index < -0.39 is 28.8 Å².